The van der Waals surface area contributed by atoms with Gasteiger partial charge in [0, 0.05) is 41.9 Å². The number of carbonyl (C=O) groups excluding carboxylic acids is 2. The Morgan fingerprint density at radius 2 is 2.00 bits per heavy atom. The number of aliphatic hydroxyl groups is 1. The zero-order chi connectivity index (χ0) is 22.8. The summed E-state index contributed by atoms with van der Waals surface area (Å²) in [5, 5.41) is 16.3. The van der Waals surface area contributed by atoms with Crippen LogP contribution in [0, 0.1) is 0 Å². The lowest BCUT2D eigenvalue weighted by Crippen LogP contribution is -2.40. The number of aldehydes is 1. The third-order valence-electron chi connectivity index (χ3n) is 4.19. The maximum atomic E-state index is 10.5. The predicted molar refractivity (Wildman–Crippen MR) is 126 cm³/mol. The van der Waals surface area contributed by atoms with E-state index in [-0.39, 0.29) is 12.4 Å². The molecule has 1 aromatic carbocycles. The number of likely N-dealkylation sites (tertiary alicyclic amines) is 1. The molecule has 0 radical (unpaired) electrons. The number of hydrogen-bond donors (Lipinski definition) is 3. The number of benzene rings is 1. The minimum atomic E-state index is -0.0210. The number of aliphatic hydroxyl groups excluding tert-OH is 1. The third kappa shape index (κ3) is 13.3. The van der Waals surface area contributed by atoms with Gasteiger partial charge in [-0.2, -0.15) is 0 Å². The molecule has 168 valence electrons. The number of nitrogens with zero attached hydrogens (tertiary/aromatic N) is 1. The van der Waals surface area contributed by atoms with E-state index in [0.29, 0.717) is 17.6 Å². The van der Waals surface area contributed by atoms with Gasteiger partial charge in [0.2, 0.25) is 0 Å². The van der Waals surface area contributed by atoms with Gasteiger partial charge < -0.3 is 20.5 Å². The zero-order valence-corrected chi connectivity index (χ0v) is 19.1. The van der Waals surface area contributed by atoms with Crippen LogP contribution in [0.25, 0.3) is 0 Å². The van der Waals surface area contributed by atoms with Crippen molar-refractivity contribution in [2.45, 2.75) is 39.3 Å². The Labute approximate surface area is 186 Å². The van der Waals surface area contributed by atoms with Gasteiger partial charge in [-0.15, -0.1) is 6.58 Å². The average Bonchev–Trinajstić information content (AvgIpc) is 2.72. The van der Waals surface area contributed by atoms with Gasteiger partial charge in [0.05, 0.1) is 13.2 Å². The lowest BCUT2D eigenvalue weighted by molar-refractivity contribution is -0.112. The molecule has 0 amide bonds. The van der Waals surface area contributed by atoms with E-state index in [1.165, 1.54) is 6.92 Å². The Hall–Kier alpha value is -1.99. The van der Waals surface area contributed by atoms with Gasteiger partial charge in [0.25, 0.3) is 0 Å². The molecule has 0 unspecified atom stereocenters. The summed E-state index contributed by atoms with van der Waals surface area (Å²) in [7, 11) is 1.84. The number of piperidine rings is 1. The first-order chi connectivity index (χ1) is 14.4. The molecular weight excluding hydrogens is 402 g/mol. The largest absolute Gasteiger partial charge is 0.392 e. The number of hydrogen-bond acceptors (Lipinski definition) is 6. The van der Waals surface area contributed by atoms with E-state index in [1.807, 2.05) is 26.1 Å². The first-order valence-electron chi connectivity index (χ1n) is 10.1. The van der Waals surface area contributed by atoms with Gasteiger partial charge in [-0.3, -0.25) is 9.69 Å². The fourth-order valence-corrected chi connectivity index (χ4v) is 2.96. The summed E-state index contributed by atoms with van der Waals surface area (Å²) >= 11 is 5.91. The number of carbonyl (C=O) groups is 2. The highest BCUT2D eigenvalue weighted by Crippen LogP contribution is 2.23. The van der Waals surface area contributed by atoms with Crippen LogP contribution in [-0.2, 0) is 16.2 Å². The molecule has 1 aromatic rings. The Bertz CT molecular complexity index is 657. The van der Waals surface area contributed by atoms with Crippen molar-refractivity contribution in [1.29, 1.82) is 0 Å². The quantitative estimate of drug-likeness (QED) is 0.328. The van der Waals surface area contributed by atoms with Crippen LogP contribution in [0.1, 0.15) is 32.3 Å². The van der Waals surface area contributed by atoms with Gasteiger partial charge in [-0.25, -0.2) is 0 Å². The molecule has 0 spiro atoms. The van der Waals surface area contributed by atoms with E-state index in [4.69, 9.17) is 11.6 Å². The molecule has 1 aliphatic rings. The van der Waals surface area contributed by atoms with Gasteiger partial charge >= 0.3 is 0 Å². The maximum absolute atomic E-state index is 10.5. The van der Waals surface area contributed by atoms with Crippen molar-refractivity contribution in [3.8, 4) is 0 Å². The molecule has 0 atom stereocenters. The van der Waals surface area contributed by atoms with E-state index in [9.17, 15) is 14.7 Å². The molecule has 1 fully saturated rings. The molecule has 0 bridgehead atoms. The molecule has 7 heteroatoms. The van der Waals surface area contributed by atoms with Crippen LogP contribution in [0.5, 0.6) is 0 Å². The number of likely N-dealkylation sites (N-methyl/N-ethyl adjacent to an activating group) is 1. The Kier molecular flexibility index (Phi) is 16.7. The SMILES string of the molecule is C=CC.CNC/C=C/C(C)=O.O=CCN1CCC(Nc2ccc(Cl)cc2CO)CC1. The maximum Gasteiger partial charge on any atom is 0.152 e. The van der Waals surface area contributed by atoms with E-state index < -0.39 is 0 Å². The van der Waals surface area contributed by atoms with E-state index in [0.717, 1.165) is 50.0 Å². The van der Waals surface area contributed by atoms with Crippen molar-refractivity contribution in [2.24, 2.45) is 0 Å². The molecule has 0 aromatic heterocycles. The van der Waals surface area contributed by atoms with E-state index in [2.05, 4.69) is 22.1 Å². The first kappa shape index (κ1) is 28.0. The Morgan fingerprint density at radius 3 is 2.50 bits per heavy atom. The summed E-state index contributed by atoms with van der Waals surface area (Å²) in [6.07, 6.45) is 8.05. The smallest absolute Gasteiger partial charge is 0.152 e. The first-order valence-corrected chi connectivity index (χ1v) is 10.5. The second-order valence-corrected chi connectivity index (χ2v) is 7.26. The highest BCUT2D eigenvalue weighted by molar-refractivity contribution is 6.30. The molecule has 3 N–H and O–H groups in total. The standard InChI is InChI=1S/C14H19ClN2O2.C6H11NO.C3H6/c15-12-1-2-14(11(9-12)10-19)16-13-3-5-17(6-4-13)7-8-18;1-6(8)4-3-5-7-2;1-3-2/h1-2,8-9,13,16,19H,3-7,10H2;3-4,7H,5H2,1-2H3;3H,1H2,2H3/b;4-3+;. The predicted octanol–water partition coefficient (Wildman–Crippen LogP) is 3.45. The molecule has 0 saturated carbocycles. The topological polar surface area (TPSA) is 81.7 Å². The molecule has 2 rings (SSSR count). The summed E-state index contributed by atoms with van der Waals surface area (Å²) in [6, 6.07) is 5.90. The number of halogens is 1. The van der Waals surface area contributed by atoms with Crippen molar-refractivity contribution in [3.05, 3.63) is 53.6 Å². The van der Waals surface area contributed by atoms with E-state index >= 15 is 0 Å². The lowest BCUT2D eigenvalue weighted by Gasteiger charge is -2.32. The molecule has 1 aliphatic heterocycles. The lowest BCUT2D eigenvalue weighted by atomic mass is 10.0. The van der Waals surface area contributed by atoms with Crippen LogP contribution in [0.2, 0.25) is 5.02 Å². The minimum absolute atomic E-state index is 0.0210. The zero-order valence-electron chi connectivity index (χ0n) is 18.4. The summed E-state index contributed by atoms with van der Waals surface area (Å²) in [4.78, 5) is 22.8. The van der Waals surface area contributed by atoms with Crippen molar-refractivity contribution in [3.63, 3.8) is 0 Å². The normalized spacial score (nSPS) is 14.2. The fourth-order valence-electron chi connectivity index (χ4n) is 2.76. The van der Waals surface area contributed by atoms with Gasteiger partial charge in [-0.05, 0) is 58.0 Å². The van der Waals surface area contributed by atoms with Gasteiger partial charge in [-0.1, -0.05) is 23.8 Å². The van der Waals surface area contributed by atoms with Crippen LogP contribution < -0.4 is 10.6 Å². The molecule has 1 saturated heterocycles. The van der Waals surface area contributed by atoms with Crippen LogP contribution in [0.3, 0.4) is 0 Å². The highest BCUT2D eigenvalue weighted by Gasteiger charge is 2.19. The van der Waals surface area contributed by atoms with Crippen molar-refractivity contribution in [2.75, 3.05) is 38.5 Å². The number of rotatable bonds is 8. The molecule has 30 heavy (non-hydrogen) atoms. The summed E-state index contributed by atoms with van der Waals surface area (Å²) in [6.45, 7) is 9.91. The summed E-state index contributed by atoms with van der Waals surface area (Å²) < 4.78 is 0. The molecule has 1 heterocycles. The Balaban J connectivity index is 0.000000641. The second-order valence-electron chi connectivity index (χ2n) is 6.82. The summed E-state index contributed by atoms with van der Waals surface area (Å²) in [5.74, 6) is 0.0975. The average molecular weight is 438 g/mol. The minimum Gasteiger partial charge on any atom is -0.392 e. The molecular formula is C23H36ClN3O3. The Morgan fingerprint density at radius 1 is 1.37 bits per heavy atom. The van der Waals surface area contributed by atoms with Crippen LogP contribution in [-0.4, -0.2) is 61.3 Å². The number of anilines is 1. The molecule has 0 aliphatic carbocycles. The van der Waals surface area contributed by atoms with Crippen molar-refractivity contribution >= 4 is 29.4 Å². The van der Waals surface area contributed by atoms with Crippen LogP contribution in [0.15, 0.2) is 43.0 Å². The van der Waals surface area contributed by atoms with Crippen LogP contribution >= 0.6 is 11.6 Å². The van der Waals surface area contributed by atoms with Gasteiger partial charge in [0.1, 0.15) is 6.29 Å². The van der Waals surface area contributed by atoms with E-state index in [1.54, 1.807) is 24.3 Å². The van der Waals surface area contributed by atoms with Crippen LogP contribution in [0.4, 0.5) is 5.69 Å². The monoisotopic (exact) mass is 437 g/mol. The number of nitrogens with one attached hydrogen (secondary N) is 2. The third-order valence-corrected chi connectivity index (χ3v) is 4.43. The molecule has 6 nitrogen and oxygen atoms in total. The van der Waals surface area contributed by atoms with Crippen molar-refractivity contribution < 1.29 is 14.7 Å². The summed E-state index contributed by atoms with van der Waals surface area (Å²) in [5.41, 5.74) is 1.77. The number of allylic oxidation sites excluding steroid dienone is 2. The van der Waals surface area contributed by atoms with Crippen molar-refractivity contribution in [1.82, 2.24) is 10.2 Å². The second kappa shape index (κ2) is 17.8. The fraction of sp³-hybridized carbons (Fsp3) is 0.478. The van der Waals surface area contributed by atoms with Gasteiger partial charge in [0.15, 0.2) is 5.78 Å². The highest BCUT2D eigenvalue weighted by atomic mass is 35.5. The number of ketones is 1.